The van der Waals surface area contributed by atoms with E-state index in [1.165, 1.54) is 0 Å². The van der Waals surface area contributed by atoms with E-state index in [1.54, 1.807) is 0 Å². The third-order valence-corrected chi connectivity index (χ3v) is 4.39. The number of likely N-dealkylation sites (tertiary alicyclic amines) is 1. The average Bonchev–Trinajstić information content (AvgIpc) is 2.50. The van der Waals surface area contributed by atoms with Crippen molar-refractivity contribution in [3.63, 3.8) is 0 Å². The second kappa shape index (κ2) is 8.18. The van der Waals surface area contributed by atoms with Crippen LogP contribution in [0.4, 0.5) is 0 Å². The van der Waals surface area contributed by atoms with E-state index >= 15 is 0 Å². The van der Waals surface area contributed by atoms with Crippen molar-refractivity contribution < 1.29 is 19.1 Å². The predicted octanol–water partition coefficient (Wildman–Crippen LogP) is 3.01. The Labute approximate surface area is 143 Å². The predicted molar refractivity (Wildman–Crippen MR) is 92.0 cm³/mol. The van der Waals surface area contributed by atoms with Crippen LogP contribution in [-0.4, -0.2) is 42.1 Å². The summed E-state index contributed by atoms with van der Waals surface area (Å²) in [5.74, 6) is -0.0247. The average molecular weight is 333 g/mol. The number of carbonyl (C=O) groups excluding carboxylic acids is 2. The molecular formula is C19H27NO4. The number of esters is 1. The van der Waals surface area contributed by atoms with E-state index < -0.39 is 5.97 Å². The van der Waals surface area contributed by atoms with E-state index in [0.29, 0.717) is 5.75 Å². The highest BCUT2D eigenvalue weighted by atomic mass is 16.6. The van der Waals surface area contributed by atoms with Gasteiger partial charge in [0.2, 0.25) is 0 Å². The van der Waals surface area contributed by atoms with Gasteiger partial charge in [-0.1, -0.05) is 6.07 Å². The smallest absolute Gasteiger partial charge is 0.344 e. The van der Waals surface area contributed by atoms with Gasteiger partial charge in [0.05, 0.1) is 0 Å². The Morgan fingerprint density at radius 1 is 1.04 bits per heavy atom. The van der Waals surface area contributed by atoms with Gasteiger partial charge in [0.25, 0.3) is 5.91 Å². The molecule has 1 fully saturated rings. The van der Waals surface area contributed by atoms with Crippen molar-refractivity contribution in [3.8, 4) is 5.75 Å². The molecule has 0 bridgehead atoms. The molecule has 132 valence electrons. The largest absolute Gasteiger partial charge is 0.482 e. The Hall–Kier alpha value is -2.04. The van der Waals surface area contributed by atoms with E-state index in [9.17, 15) is 9.59 Å². The van der Waals surface area contributed by atoms with Crippen LogP contribution in [0.2, 0.25) is 0 Å². The minimum atomic E-state index is -0.528. The van der Waals surface area contributed by atoms with Crippen molar-refractivity contribution in [1.82, 2.24) is 4.90 Å². The second-order valence-electron chi connectivity index (χ2n) is 6.70. The molecule has 24 heavy (non-hydrogen) atoms. The first-order chi connectivity index (χ1) is 11.4. The van der Waals surface area contributed by atoms with E-state index in [-0.39, 0.29) is 31.2 Å². The van der Waals surface area contributed by atoms with Gasteiger partial charge < -0.3 is 14.4 Å². The van der Waals surface area contributed by atoms with Crippen LogP contribution in [0.15, 0.2) is 18.2 Å². The fourth-order valence-electron chi connectivity index (χ4n) is 3.33. The Bertz CT molecular complexity index is 569. The molecule has 1 aliphatic rings. The normalized spacial score (nSPS) is 20.6. The van der Waals surface area contributed by atoms with Crippen LogP contribution < -0.4 is 4.74 Å². The number of benzene rings is 1. The molecule has 0 N–H and O–H groups in total. The molecule has 0 spiro atoms. The van der Waals surface area contributed by atoms with Crippen LogP contribution in [0.3, 0.4) is 0 Å². The standard InChI is InChI=1S/C19H27NO4/c1-13-8-14(2)10-17(9-13)23-12-19(22)24-11-18(21)20-15(3)6-5-7-16(20)4/h8-10,15-16H,5-7,11-12H2,1-4H3. The maximum Gasteiger partial charge on any atom is 0.344 e. The fraction of sp³-hybridized carbons (Fsp3) is 0.579. The van der Waals surface area contributed by atoms with Crippen LogP contribution in [0.5, 0.6) is 5.75 Å². The number of carbonyl (C=O) groups is 2. The van der Waals surface area contributed by atoms with Crippen LogP contribution >= 0.6 is 0 Å². The lowest BCUT2D eigenvalue weighted by Gasteiger charge is -2.38. The summed E-state index contributed by atoms with van der Waals surface area (Å²) in [6, 6.07) is 6.16. The molecule has 1 aromatic rings. The van der Waals surface area contributed by atoms with Gasteiger partial charge in [0.15, 0.2) is 13.2 Å². The van der Waals surface area contributed by atoms with Crippen LogP contribution in [0, 0.1) is 13.8 Å². The minimum Gasteiger partial charge on any atom is -0.482 e. The van der Waals surface area contributed by atoms with Crippen LogP contribution in [0.25, 0.3) is 0 Å². The topological polar surface area (TPSA) is 55.8 Å². The van der Waals surface area contributed by atoms with E-state index in [2.05, 4.69) is 0 Å². The van der Waals surface area contributed by atoms with Gasteiger partial charge in [0.1, 0.15) is 5.75 Å². The molecule has 0 aromatic heterocycles. The highest BCUT2D eigenvalue weighted by Crippen LogP contribution is 2.22. The van der Waals surface area contributed by atoms with E-state index in [1.807, 2.05) is 50.8 Å². The summed E-state index contributed by atoms with van der Waals surface area (Å²) in [5.41, 5.74) is 2.14. The lowest BCUT2D eigenvalue weighted by molar-refractivity contribution is -0.156. The summed E-state index contributed by atoms with van der Waals surface area (Å²) in [5, 5.41) is 0. The van der Waals surface area contributed by atoms with Crippen LogP contribution in [-0.2, 0) is 14.3 Å². The number of amides is 1. The highest BCUT2D eigenvalue weighted by molar-refractivity contribution is 5.81. The Kier molecular flexibility index (Phi) is 6.23. The third kappa shape index (κ3) is 4.98. The number of rotatable bonds is 5. The molecule has 5 heteroatoms. The lowest BCUT2D eigenvalue weighted by atomic mass is 9.97. The molecule has 2 atom stereocenters. The van der Waals surface area contributed by atoms with Crippen molar-refractivity contribution in [2.75, 3.05) is 13.2 Å². The number of ether oxygens (including phenoxy) is 2. The summed E-state index contributed by atoms with van der Waals surface area (Å²) in [4.78, 5) is 25.9. The molecule has 1 amide bonds. The number of piperidine rings is 1. The molecule has 2 rings (SSSR count). The number of hydrogen-bond acceptors (Lipinski definition) is 4. The first kappa shape index (κ1) is 18.3. The Balaban J connectivity index is 1.79. The SMILES string of the molecule is Cc1cc(C)cc(OCC(=O)OCC(=O)N2C(C)CCCC2C)c1. The molecular weight excluding hydrogens is 306 g/mol. The van der Waals surface area contributed by atoms with Gasteiger partial charge in [-0.25, -0.2) is 4.79 Å². The minimum absolute atomic E-state index is 0.130. The van der Waals surface area contributed by atoms with Gasteiger partial charge in [-0.3, -0.25) is 4.79 Å². The Morgan fingerprint density at radius 3 is 2.21 bits per heavy atom. The molecule has 1 heterocycles. The second-order valence-corrected chi connectivity index (χ2v) is 6.70. The number of nitrogens with zero attached hydrogens (tertiary/aromatic N) is 1. The molecule has 1 aromatic carbocycles. The van der Waals surface area contributed by atoms with Crippen molar-refractivity contribution >= 4 is 11.9 Å². The van der Waals surface area contributed by atoms with Crippen molar-refractivity contribution in [3.05, 3.63) is 29.3 Å². The van der Waals surface area contributed by atoms with Gasteiger partial charge in [-0.05, 0) is 70.2 Å². The zero-order valence-corrected chi connectivity index (χ0v) is 15.0. The van der Waals surface area contributed by atoms with E-state index in [4.69, 9.17) is 9.47 Å². The summed E-state index contributed by atoms with van der Waals surface area (Å²) >= 11 is 0. The quantitative estimate of drug-likeness (QED) is 0.777. The summed E-state index contributed by atoms with van der Waals surface area (Å²) in [7, 11) is 0. The molecule has 0 saturated carbocycles. The van der Waals surface area contributed by atoms with Gasteiger partial charge in [0, 0.05) is 12.1 Å². The number of aryl methyl sites for hydroxylation is 2. The highest BCUT2D eigenvalue weighted by Gasteiger charge is 2.29. The molecule has 5 nitrogen and oxygen atoms in total. The monoisotopic (exact) mass is 333 g/mol. The first-order valence-electron chi connectivity index (χ1n) is 8.54. The van der Waals surface area contributed by atoms with Crippen molar-refractivity contribution in [2.45, 2.75) is 59.0 Å². The van der Waals surface area contributed by atoms with Crippen LogP contribution in [0.1, 0.15) is 44.2 Å². The van der Waals surface area contributed by atoms with Crippen molar-refractivity contribution in [1.29, 1.82) is 0 Å². The first-order valence-corrected chi connectivity index (χ1v) is 8.54. The number of hydrogen-bond donors (Lipinski definition) is 0. The van der Waals surface area contributed by atoms with Gasteiger partial charge >= 0.3 is 5.97 Å². The maximum atomic E-state index is 12.3. The van der Waals surface area contributed by atoms with Crippen molar-refractivity contribution in [2.24, 2.45) is 0 Å². The molecule has 2 unspecified atom stereocenters. The molecule has 1 saturated heterocycles. The summed E-state index contributed by atoms with van der Waals surface area (Å²) in [6.07, 6.45) is 3.13. The third-order valence-electron chi connectivity index (χ3n) is 4.39. The maximum absolute atomic E-state index is 12.3. The molecule has 0 aliphatic carbocycles. The summed E-state index contributed by atoms with van der Waals surface area (Å²) in [6.45, 7) is 7.61. The zero-order chi connectivity index (χ0) is 17.7. The van der Waals surface area contributed by atoms with Gasteiger partial charge in [-0.15, -0.1) is 0 Å². The lowest BCUT2D eigenvalue weighted by Crippen LogP contribution is -2.49. The van der Waals surface area contributed by atoms with Gasteiger partial charge in [-0.2, -0.15) is 0 Å². The Morgan fingerprint density at radius 2 is 1.62 bits per heavy atom. The molecule has 1 aliphatic heterocycles. The zero-order valence-electron chi connectivity index (χ0n) is 15.0. The fourth-order valence-corrected chi connectivity index (χ4v) is 3.33. The van der Waals surface area contributed by atoms with E-state index in [0.717, 1.165) is 30.4 Å². The summed E-state index contributed by atoms with van der Waals surface area (Å²) < 4.78 is 10.5. The molecule has 0 radical (unpaired) electrons.